The minimum Gasteiger partial charge on any atom is -0.472 e. The molecular formula is C17H24N4O2S. The molecule has 1 saturated heterocycles. The maximum atomic E-state index is 5.69. The Bertz CT molecular complexity index is 635. The molecule has 1 fully saturated rings. The standard InChI is InChI=1S/C17H24N4O2S/c1-3-7-21-16(11-20(2)10-14-6-9-22-12-14)18-19-17(21)24-13-15-5-4-8-23-15/h3,6,9,12,15H,1,4-5,7-8,10-11,13H2,2H3/t15-/m1/s1. The highest BCUT2D eigenvalue weighted by atomic mass is 32.2. The molecule has 0 unspecified atom stereocenters. The quantitative estimate of drug-likeness (QED) is 0.513. The normalized spacial score (nSPS) is 17.7. The first-order chi connectivity index (χ1) is 11.8. The third kappa shape index (κ3) is 4.49. The Hall–Kier alpha value is -1.57. The lowest BCUT2D eigenvalue weighted by molar-refractivity contribution is 0.129. The van der Waals surface area contributed by atoms with Gasteiger partial charge in [-0.2, -0.15) is 0 Å². The predicted molar refractivity (Wildman–Crippen MR) is 93.8 cm³/mol. The molecule has 0 aliphatic carbocycles. The molecule has 7 heteroatoms. The smallest absolute Gasteiger partial charge is 0.191 e. The van der Waals surface area contributed by atoms with Crippen LogP contribution in [-0.2, 0) is 24.4 Å². The van der Waals surface area contributed by atoms with Gasteiger partial charge in [0.1, 0.15) is 5.82 Å². The van der Waals surface area contributed by atoms with Crippen molar-refractivity contribution in [1.82, 2.24) is 19.7 Å². The fourth-order valence-corrected chi connectivity index (χ4v) is 3.82. The van der Waals surface area contributed by atoms with E-state index in [0.717, 1.165) is 61.4 Å². The number of hydrogen-bond donors (Lipinski definition) is 0. The molecule has 2 aromatic rings. The van der Waals surface area contributed by atoms with Gasteiger partial charge in [-0.1, -0.05) is 17.8 Å². The van der Waals surface area contributed by atoms with Gasteiger partial charge in [0.15, 0.2) is 5.16 Å². The average Bonchev–Trinajstić information content (AvgIpc) is 3.30. The third-order valence-electron chi connectivity index (χ3n) is 3.97. The van der Waals surface area contributed by atoms with E-state index < -0.39 is 0 Å². The van der Waals surface area contributed by atoms with Crippen LogP contribution < -0.4 is 0 Å². The second kappa shape index (κ2) is 8.50. The number of allylic oxidation sites excluding steroid dienone is 1. The number of nitrogens with zero attached hydrogens (tertiary/aromatic N) is 4. The Kier molecular flexibility index (Phi) is 6.12. The van der Waals surface area contributed by atoms with Crippen molar-refractivity contribution >= 4 is 11.8 Å². The monoisotopic (exact) mass is 348 g/mol. The summed E-state index contributed by atoms with van der Waals surface area (Å²) in [4.78, 5) is 2.20. The molecule has 0 bridgehead atoms. The molecule has 24 heavy (non-hydrogen) atoms. The Morgan fingerprint density at radius 3 is 3.08 bits per heavy atom. The largest absolute Gasteiger partial charge is 0.472 e. The summed E-state index contributed by atoms with van der Waals surface area (Å²) < 4.78 is 13.0. The minimum atomic E-state index is 0.344. The molecule has 2 aromatic heterocycles. The molecule has 0 aromatic carbocycles. The zero-order chi connectivity index (χ0) is 16.8. The van der Waals surface area contributed by atoms with Crippen LogP contribution in [0, 0.1) is 0 Å². The topological polar surface area (TPSA) is 56.3 Å². The molecule has 6 nitrogen and oxygen atoms in total. The van der Waals surface area contributed by atoms with E-state index in [1.807, 2.05) is 12.1 Å². The van der Waals surface area contributed by atoms with Crippen LogP contribution in [0.4, 0.5) is 0 Å². The van der Waals surface area contributed by atoms with Crippen LogP contribution in [0.3, 0.4) is 0 Å². The van der Waals surface area contributed by atoms with Gasteiger partial charge in [-0.05, 0) is 26.0 Å². The number of thioether (sulfide) groups is 1. The van der Waals surface area contributed by atoms with Crippen molar-refractivity contribution in [3.63, 3.8) is 0 Å². The molecule has 0 radical (unpaired) electrons. The van der Waals surface area contributed by atoms with Crippen LogP contribution in [-0.4, -0.2) is 45.2 Å². The van der Waals surface area contributed by atoms with Gasteiger partial charge in [-0.15, -0.1) is 16.8 Å². The second-order valence-electron chi connectivity index (χ2n) is 6.05. The maximum absolute atomic E-state index is 5.69. The summed E-state index contributed by atoms with van der Waals surface area (Å²) in [5.41, 5.74) is 1.15. The van der Waals surface area contributed by atoms with Crippen LogP contribution in [0.5, 0.6) is 0 Å². The number of hydrogen-bond acceptors (Lipinski definition) is 6. The predicted octanol–water partition coefficient (Wildman–Crippen LogP) is 2.96. The van der Waals surface area contributed by atoms with Gasteiger partial charge >= 0.3 is 0 Å². The van der Waals surface area contributed by atoms with E-state index in [4.69, 9.17) is 9.15 Å². The molecule has 130 valence electrons. The van der Waals surface area contributed by atoms with Gasteiger partial charge in [-0.25, -0.2) is 0 Å². The molecule has 0 spiro atoms. The van der Waals surface area contributed by atoms with Crippen molar-refractivity contribution in [2.75, 3.05) is 19.4 Å². The highest BCUT2D eigenvalue weighted by molar-refractivity contribution is 7.99. The summed E-state index contributed by atoms with van der Waals surface area (Å²) in [7, 11) is 2.07. The zero-order valence-electron chi connectivity index (χ0n) is 14.1. The Morgan fingerprint density at radius 1 is 1.46 bits per heavy atom. The van der Waals surface area contributed by atoms with Crippen LogP contribution in [0.2, 0.25) is 0 Å². The molecule has 1 aliphatic rings. The van der Waals surface area contributed by atoms with E-state index in [-0.39, 0.29) is 0 Å². The third-order valence-corrected chi connectivity index (χ3v) is 5.07. The van der Waals surface area contributed by atoms with E-state index in [9.17, 15) is 0 Å². The van der Waals surface area contributed by atoms with Crippen molar-refractivity contribution in [3.8, 4) is 0 Å². The lowest BCUT2D eigenvalue weighted by Gasteiger charge is -2.16. The van der Waals surface area contributed by atoms with E-state index in [0.29, 0.717) is 6.10 Å². The fraction of sp³-hybridized carbons (Fsp3) is 0.529. The first kappa shape index (κ1) is 17.3. The highest BCUT2D eigenvalue weighted by Gasteiger charge is 2.19. The minimum absolute atomic E-state index is 0.344. The molecule has 0 N–H and O–H groups in total. The van der Waals surface area contributed by atoms with Crippen LogP contribution in [0.1, 0.15) is 24.2 Å². The number of rotatable bonds is 9. The molecule has 3 heterocycles. The second-order valence-corrected chi connectivity index (χ2v) is 7.04. The van der Waals surface area contributed by atoms with E-state index >= 15 is 0 Å². The van der Waals surface area contributed by atoms with Crippen molar-refractivity contribution < 1.29 is 9.15 Å². The van der Waals surface area contributed by atoms with Crippen molar-refractivity contribution in [2.24, 2.45) is 0 Å². The molecule has 1 aliphatic heterocycles. The van der Waals surface area contributed by atoms with Crippen molar-refractivity contribution in [2.45, 2.75) is 43.7 Å². The Morgan fingerprint density at radius 2 is 2.38 bits per heavy atom. The van der Waals surface area contributed by atoms with Crippen LogP contribution in [0.25, 0.3) is 0 Å². The SMILES string of the molecule is C=CCn1c(CN(C)Cc2ccoc2)nnc1SC[C@H]1CCCO1. The number of ether oxygens (including phenoxy) is 1. The van der Waals surface area contributed by atoms with Gasteiger partial charge in [-0.3, -0.25) is 4.90 Å². The average molecular weight is 348 g/mol. The maximum Gasteiger partial charge on any atom is 0.191 e. The zero-order valence-corrected chi connectivity index (χ0v) is 14.9. The van der Waals surface area contributed by atoms with Gasteiger partial charge < -0.3 is 13.7 Å². The fourth-order valence-electron chi connectivity index (χ4n) is 2.79. The lowest BCUT2D eigenvalue weighted by Crippen LogP contribution is -2.20. The molecule has 0 saturated carbocycles. The van der Waals surface area contributed by atoms with Gasteiger partial charge in [0.25, 0.3) is 0 Å². The summed E-state index contributed by atoms with van der Waals surface area (Å²) in [5, 5.41) is 9.70. The first-order valence-electron chi connectivity index (χ1n) is 8.23. The molecule has 1 atom stereocenters. The van der Waals surface area contributed by atoms with Crippen LogP contribution >= 0.6 is 11.8 Å². The van der Waals surface area contributed by atoms with Gasteiger partial charge in [0.05, 0.1) is 25.2 Å². The van der Waals surface area contributed by atoms with Crippen molar-refractivity contribution in [1.29, 1.82) is 0 Å². The molecular weight excluding hydrogens is 324 g/mol. The Labute approximate surface area is 146 Å². The Balaban J connectivity index is 1.62. The van der Waals surface area contributed by atoms with Crippen molar-refractivity contribution in [3.05, 3.63) is 42.6 Å². The first-order valence-corrected chi connectivity index (χ1v) is 9.22. The summed E-state index contributed by atoms with van der Waals surface area (Å²) in [5.74, 6) is 1.89. The van der Waals surface area contributed by atoms with E-state index in [1.165, 1.54) is 0 Å². The summed E-state index contributed by atoms with van der Waals surface area (Å²) in [6, 6.07) is 1.98. The lowest BCUT2D eigenvalue weighted by atomic mass is 10.3. The van der Waals surface area contributed by atoms with E-state index in [1.54, 1.807) is 24.3 Å². The number of aromatic nitrogens is 3. The summed E-state index contributed by atoms with van der Waals surface area (Å²) >= 11 is 1.72. The van der Waals surface area contributed by atoms with Gasteiger partial charge in [0.2, 0.25) is 0 Å². The molecule has 0 amide bonds. The highest BCUT2D eigenvalue weighted by Crippen LogP contribution is 2.23. The van der Waals surface area contributed by atoms with Crippen LogP contribution in [0.15, 0.2) is 40.8 Å². The molecule has 3 rings (SSSR count). The van der Waals surface area contributed by atoms with E-state index in [2.05, 4.69) is 33.3 Å². The van der Waals surface area contributed by atoms with Gasteiger partial charge in [0, 0.05) is 31.0 Å². The summed E-state index contributed by atoms with van der Waals surface area (Å²) in [6.45, 7) is 7.00. The number of furan rings is 1. The summed E-state index contributed by atoms with van der Waals surface area (Å²) in [6.07, 6.45) is 8.00.